The molecule has 0 aromatic carbocycles. The summed E-state index contributed by atoms with van der Waals surface area (Å²) in [6.07, 6.45) is 2.14. The van der Waals surface area contributed by atoms with Crippen LogP contribution in [-0.2, 0) is 19.7 Å². The number of aryl methyl sites for hydroxylation is 1. The van der Waals surface area contributed by atoms with E-state index in [1.807, 2.05) is 13.0 Å². The van der Waals surface area contributed by atoms with Gasteiger partial charge in [-0.05, 0) is 44.4 Å². The van der Waals surface area contributed by atoms with Crippen LogP contribution in [0.4, 0.5) is 10.6 Å². The van der Waals surface area contributed by atoms with Gasteiger partial charge in [-0.1, -0.05) is 0 Å². The van der Waals surface area contributed by atoms with Crippen molar-refractivity contribution in [2.45, 2.75) is 26.7 Å². The van der Waals surface area contributed by atoms with E-state index in [2.05, 4.69) is 10.3 Å². The minimum absolute atomic E-state index is 0.131. The van der Waals surface area contributed by atoms with Gasteiger partial charge in [-0.2, -0.15) is 17.0 Å². The quantitative estimate of drug-likeness (QED) is 0.734. The zero-order valence-corrected chi connectivity index (χ0v) is 18.2. The Morgan fingerprint density at radius 2 is 1.77 bits per heavy atom. The lowest BCUT2D eigenvalue weighted by Crippen LogP contribution is -2.55. The second-order valence-corrected chi connectivity index (χ2v) is 9.40. The van der Waals surface area contributed by atoms with Gasteiger partial charge in [0.2, 0.25) is 5.91 Å². The Morgan fingerprint density at radius 1 is 1.13 bits per heavy atom. The molecule has 30 heavy (non-hydrogen) atoms. The maximum absolute atomic E-state index is 13.0. The van der Waals surface area contributed by atoms with Crippen LogP contribution in [0.3, 0.4) is 0 Å². The average molecular weight is 440 g/mol. The van der Waals surface area contributed by atoms with Crippen molar-refractivity contribution in [2.75, 3.05) is 51.2 Å². The van der Waals surface area contributed by atoms with E-state index < -0.39 is 16.3 Å². The average Bonchev–Trinajstić information content (AvgIpc) is 2.74. The van der Waals surface area contributed by atoms with E-state index >= 15 is 0 Å². The summed E-state index contributed by atoms with van der Waals surface area (Å²) < 4.78 is 33.7. The molecule has 0 aliphatic carbocycles. The highest BCUT2D eigenvalue weighted by Gasteiger charge is 2.37. The van der Waals surface area contributed by atoms with Crippen molar-refractivity contribution in [3.05, 3.63) is 23.9 Å². The minimum Gasteiger partial charge on any atom is -0.450 e. The van der Waals surface area contributed by atoms with E-state index in [1.54, 1.807) is 19.2 Å². The largest absolute Gasteiger partial charge is 0.450 e. The van der Waals surface area contributed by atoms with Crippen LogP contribution < -0.4 is 5.32 Å². The number of pyridine rings is 1. The van der Waals surface area contributed by atoms with Gasteiger partial charge in [-0.25, -0.2) is 9.78 Å². The molecule has 2 saturated heterocycles. The maximum Gasteiger partial charge on any atom is 0.409 e. The number of amides is 2. The highest BCUT2D eigenvalue weighted by Crippen LogP contribution is 2.23. The highest BCUT2D eigenvalue weighted by molar-refractivity contribution is 7.86. The molecule has 2 fully saturated rings. The van der Waals surface area contributed by atoms with E-state index in [0.29, 0.717) is 51.4 Å². The van der Waals surface area contributed by atoms with Crippen molar-refractivity contribution in [2.24, 2.45) is 5.92 Å². The van der Waals surface area contributed by atoms with E-state index in [4.69, 9.17) is 4.74 Å². The second-order valence-electron chi connectivity index (χ2n) is 7.47. The number of rotatable bonds is 5. The zero-order valence-electron chi connectivity index (χ0n) is 17.4. The lowest BCUT2D eigenvalue weighted by atomic mass is 9.97. The Labute approximate surface area is 177 Å². The van der Waals surface area contributed by atoms with Crippen LogP contribution in [0.5, 0.6) is 0 Å². The molecule has 3 heterocycles. The number of carbonyl (C=O) groups is 2. The fourth-order valence-corrected chi connectivity index (χ4v) is 5.28. The monoisotopic (exact) mass is 439 g/mol. The number of aromatic nitrogens is 1. The number of anilines is 1. The number of nitrogens with zero attached hydrogens (tertiary/aromatic N) is 4. The molecule has 0 radical (unpaired) electrons. The third kappa shape index (κ3) is 5.27. The summed E-state index contributed by atoms with van der Waals surface area (Å²) in [6, 6.07) is 3.65. The SMILES string of the molecule is CCOC(=O)N1CCN(S(=O)(=O)N2CCC(C(=O)Nc3cc(C)ccn3)CC2)CC1. The van der Waals surface area contributed by atoms with Crippen molar-refractivity contribution < 1.29 is 22.7 Å². The van der Waals surface area contributed by atoms with Gasteiger partial charge in [-0.3, -0.25) is 4.79 Å². The standard InChI is InChI=1S/C19H29N5O5S/c1-3-29-19(26)22-10-12-24(13-11-22)30(27,28)23-8-5-16(6-9-23)18(25)21-17-14-15(2)4-7-20-17/h4,7,14,16H,3,5-6,8-13H2,1-2H3,(H,20,21,25). The van der Waals surface area contributed by atoms with Crippen LogP contribution in [0.1, 0.15) is 25.3 Å². The third-order valence-electron chi connectivity index (χ3n) is 5.41. The van der Waals surface area contributed by atoms with Crippen LogP contribution >= 0.6 is 0 Å². The molecule has 2 aliphatic rings. The van der Waals surface area contributed by atoms with Crippen LogP contribution in [0.2, 0.25) is 0 Å². The first-order valence-electron chi connectivity index (χ1n) is 10.2. The van der Waals surface area contributed by atoms with Gasteiger partial charge in [-0.15, -0.1) is 0 Å². The molecule has 1 aromatic heterocycles. The van der Waals surface area contributed by atoms with E-state index in [0.717, 1.165) is 5.56 Å². The van der Waals surface area contributed by atoms with Gasteiger partial charge in [0.1, 0.15) is 5.82 Å². The first kappa shape index (κ1) is 22.4. The molecule has 0 bridgehead atoms. The highest BCUT2D eigenvalue weighted by atomic mass is 32.2. The number of carbonyl (C=O) groups excluding carboxylic acids is 2. The van der Waals surface area contributed by atoms with Gasteiger partial charge in [0.15, 0.2) is 0 Å². The van der Waals surface area contributed by atoms with Crippen molar-refractivity contribution in [3.8, 4) is 0 Å². The van der Waals surface area contributed by atoms with E-state index in [-0.39, 0.29) is 24.9 Å². The maximum atomic E-state index is 13.0. The molecule has 0 unspecified atom stereocenters. The molecule has 0 spiro atoms. The van der Waals surface area contributed by atoms with Gasteiger partial charge < -0.3 is 15.0 Å². The van der Waals surface area contributed by atoms with Gasteiger partial charge in [0.25, 0.3) is 10.2 Å². The van der Waals surface area contributed by atoms with E-state index in [1.165, 1.54) is 13.5 Å². The molecule has 2 aliphatic heterocycles. The molecule has 2 amide bonds. The molecule has 11 heteroatoms. The van der Waals surface area contributed by atoms with Crippen LogP contribution in [0, 0.1) is 12.8 Å². The number of piperazine rings is 1. The number of piperidine rings is 1. The van der Waals surface area contributed by atoms with Crippen LogP contribution in [0.25, 0.3) is 0 Å². The number of hydrogen-bond acceptors (Lipinski definition) is 6. The summed E-state index contributed by atoms with van der Waals surface area (Å²) >= 11 is 0. The fourth-order valence-electron chi connectivity index (χ4n) is 3.66. The molecule has 10 nitrogen and oxygen atoms in total. The second kappa shape index (κ2) is 9.71. The Balaban J connectivity index is 1.50. The third-order valence-corrected chi connectivity index (χ3v) is 7.44. The van der Waals surface area contributed by atoms with Gasteiger partial charge in [0.05, 0.1) is 6.61 Å². The lowest BCUT2D eigenvalue weighted by Gasteiger charge is -2.38. The minimum atomic E-state index is -3.62. The first-order valence-corrected chi connectivity index (χ1v) is 11.6. The number of ether oxygens (including phenoxy) is 1. The van der Waals surface area contributed by atoms with E-state index in [9.17, 15) is 18.0 Å². The zero-order chi connectivity index (χ0) is 21.7. The van der Waals surface area contributed by atoms with Crippen molar-refractivity contribution >= 4 is 28.0 Å². The fraction of sp³-hybridized carbons (Fsp3) is 0.632. The van der Waals surface area contributed by atoms with Gasteiger partial charge >= 0.3 is 6.09 Å². The molecular weight excluding hydrogens is 410 g/mol. The molecule has 3 rings (SSSR count). The molecule has 0 atom stereocenters. The Hall–Kier alpha value is -2.24. The van der Waals surface area contributed by atoms with Crippen LogP contribution in [-0.4, -0.2) is 84.8 Å². The molecule has 1 aromatic rings. The summed E-state index contributed by atoms with van der Waals surface area (Å²) in [5.74, 6) is 0.127. The predicted molar refractivity (Wildman–Crippen MR) is 111 cm³/mol. The Bertz CT molecular complexity index is 862. The molecule has 1 N–H and O–H groups in total. The Morgan fingerprint density at radius 3 is 2.37 bits per heavy atom. The normalized spacial score (nSPS) is 19.5. The first-order chi connectivity index (χ1) is 14.3. The summed E-state index contributed by atoms with van der Waals surface area (Å²) in [4.78, 5) is 30.0. The topological polar surface area (TPSA) is 112 Å². The van der Waals surface area contributed by atoms with Gasteiger partial charge in [0, 0.05) is 51.4 Å². The van der Waals surface area contributed by atoms with Crippen molar-refractivity contribution in [3.63, 3.8) is 0 Å². The summed E-state index contributed by atoms with van der Waals surface area (Å²) in [6.45, 7) is 5.62. The van der Waals surface area contributed by atoms with Crippen molar-refractivity contribution in [1.82, 2.24) is 18.5 Å². The summed E-state index contributed by atoms with van der Waals surface area (Å²) in [5.41, 5.74) is 1.00. The van der Waals surface area contributed by atoms with Crippen molar-refractivity contribution in [1.29, 1.82) is 0 Å². The Kier molecular flexibility index (Phi) is 7.27. The molecular formula is C19H29N5O5S. The summed E-state index contributed by atoms with van der Waals surface area (Å²) in [5, 5.41) is 2.82. The molecule has 166 valence electrons. The van der Waals surface area contributed by atoms with Crippen LogP contribution in [0.15, 0.2) is 18.3 Å². The summed E-state index contributed by atoms with van der Waals surface area (Å²) in [7, 11) is -3.62. The predicted octanol–water partition coefficient (Wildman–Crippen LogP) is 1.06. The lowest BCUT2D eigenvalue weighted by molar-refractivity contribution is -0.120. The molecule has 0 saturated carbocycles. The smallest absolute Gasteiger partial charge is 0.409 e. The number of nitrogens with one attached hydrogen (secondary N) is 1. The number of hydrogen-bond donors (Lipinski definition) is 1.